The molecule has 0 saturated carbocycles. The van der Waals surface area contributed by atoms with Gasteiger partial charge in [0.1, 0.15) is 12.1 Å². The van der Waals surface area contributed by atoms with Crippen LogP contribution in [0.15, 0.2) is 36.5 Å². The van der Waals surface area contributed by atoms with Crippen LogP contribution in [0, 0.1) is 17.8 Å². The van der Waals surface area contributed by atoms with Crippen LogP contribution in [0.25, 0.3) is 0 Å². The van der Waals surface area contributed by atoms with Gasteiger partial charge in [-0.15, -0.1) is 0 Å². The Morgan fingerprint density at radius 1 is 0.351 bits per heavy atom. The summed E-state index contributed by atoms with van der Waals surface area (Å²) in [6.45, 7) is 22.1. The molecule has 1 saturated heterocycles. The van der Waals surface area contributed by atoms with E-state index in [0.717, 1.165) is 174 Å². The Balaban J connectivity index is 3.18. The van der Waals surface area contributed by atoms with Crippen LogP contribution in [0.2, 0.25) is 0 Å². The first-order chi connectivity index (χ1) is 54.5. The number of amides is 4. The van der Waals surface area contributed by atoms with E-state index in [1.807, 2.05) is 4.90 Å². The highest BCUT2D eigenvalue weighted by Crippen LogP contribution is 2.30. The summed E-state index contributed by atoms with van der Waals surface area (Å²) in [6.07, 6.45) is 97.9. The first kappa shape index (κ1) is 106. The van der Waals surface area contributed by atoms with Crippen molar-refractivity contribution in [3.05, 3.63) is 36.5 Å². The minimum atomic E-state index is -0.462. The predicted molar refractivity (Wildman–Crippen MR) is 488 cm³/mol. The molecular formula is C101H194N6O4. The largest absolute Gasteiger partial charge is 0.354 e. The Morgan fingerprint density at radius 2 is 0.667 bits per heavy atom. The van der Waals surface area contributed by atoms with Gasteiger partial charge in [0, 0.05) is 58.7 Å². The molecule has 10 heteroatoms. The number of allylic oxidation sites excluding steroid dienone is 6. The van der Waals surface area contributed by atoms with Crippen LogP contribution >= 0.6 is 0 Å². The van der Waals surface area contributed by atoms with Gasteiger partial charge in [-0.1, -0.05) is 400 Å². The second kappa shape index (κ2) is 82.1. The lowest BCUT2D eigenvalue weighted by Gasteiger charge is -2.39. The number of nitrogens with one attached hydrogen (secondary N) is 2. The Kier molecular flexibility index (Phi) is 78.5. The Morgan fingerprint density at radius 3 is 1.04 bits per heavy atom. The highest BCUT2D eigenvalue weighted by Gasteiger charge is 2.37. The van der Waals surface area contributed by atoms with Gasteiger partial charge in [0.05, 0.1) is 0 Å². The molecule has 111 heavy (non-hydrogen) atoms. The third-order valence-electron chi connectivity index (χ3n) is 24.9. The quantitative estimate of drug-likeness (QED) is 0.0464. The van der Waals surface area contributed by atoms with E-state index in [9.17, 15) is 19.2 Å². The maximum absolute atomic E-state index is 15.0. The summed E-state index contributed by atoms with van der Waals surface area (Å²) in [5.41, 5.74) is 0. The van der Waals surface area contributed by atoms with Crippen molar-refractivity contribution < 1.29 is 19.2 Å². The molecule has 1 fully saturated rings. The number of likely N-dealkylation sites (tertiary alicyclic amines) is 1. The first-order valence-electron chi connectivity index (χ1n) is 50.0. The molecule has 0 aromatic heterocycles. The number of likely N-dealkylation sites (N-methyl/N-ethyl adjacent to an activating group) is 1. The molecule has 2 N–H and O–H groups in total. The summed E-state index contributed by atoms with van der Waals surface area (Å²) in [5, 5.41) is 6.91. The van der Waals surface area contributed by atoms with E-state index in [2.05, 4.69) is 124 Å². The topological polar surface area (TPSA) is 105 Å². The Hall–Kier alpha value is -2.98. The van der Waals surface area contributed by atoms with Crippen molar-refractivity contribution in [3.8, 4) is 0 Å². The van der Waals surface area contributed by atoms with Crippen molar-refractivity contribution in [2.24, 2.45) is 17.8 Å². The number of unbranched alkanes of at least 4 members (excludes halogenated alkanes) is 51. The van der Waals surface area contributed by atoms with E-state index in [1.165, 1.54) is 283 Å². The fourth-order valence-corrected chi connectivity index (χ4v) is 17.4. The number of piperidine rings is 1. The predicted octanol–water partition coefficient (Wildman–Crippen LogP) is 29.1. The smallest absolute Gasteiger partial charge is 0.243 e. The minimum absolute atomic E-state index is 0.0617. The number of carbonyl (C=O) groups excluding carboxylic acids is 4. The molecule has 1 aliphatic rings. The number of hydrogen-bond donors (Lipinski definition) is 2. The van der Waals surface area contributed by atoms with Gasteiger partial charge in [-0.25, -0.2) is 0 Å². The van der Waals surface area contributed by atoms with Gasteiger partial charge in [0.15, 0.2) is 0 Å². The van der Waals surface area contributed by atoms with Gasteiger partial charge in [0.2, 0.25) is 23.6 Å². The lowest BCUT2D eigenvalue weighted by Crippen LogP contribution is -2.55. The van der Waals surface area contributed by atoms with E-state index in [1.54, 1.807) is 0 Å². The molecule has 0 radical (unpaired) electrons. The van der Waals surface area contributed by atoms with Crippen LogP contribution in [0.5, 0.6) is 0 Å². The molecule has 1 rings (SSSR count). The monoisotopic (exact) mass is 1560 g/mol. The maximum atomic E-state index is 15.0. The van der Waals surface area contributed by atoms with Crippen LogP contribution in [0.4, 0.5) is 0 Å². The molecule has 0 aromatic rings. The molecule has 0 aromatic carbocycles. The molecular weight excluding hydrogens is 1360 g/mol. The van der Waals surface area contributed by atoms with E-state index in [0.29, 0.717) is 44.9 Å². The fraction of sp³-hybridized carbons (Fsp3) is 0.901. The average molecular weight is 1560 g/mol. The van der Waals surface area contributed by atoms with Gasteiger partial charge in [-0.3, -0.25) is 19.2 Å². The highest BCUT2D eigenvalue weighted by atomic mass is 16.2. The van der Waals surface area contributed by atoms with E-state index in [4.69, 9.17) is 0 Å². The fourth-order valence-electron chi connectivity index (χ4n) is 17.4. The van der Waals surface area contributed by atoms with Crippen molar-refractivity contribution in [2.45, 2.75) is 504 Å². The second-order valence-corrected chi connectivity index (χ2v) is 35.4. The summed E-state index contributed by atoms with van der Waals surface area (Å²) in [5.74, 6) is 1.27. The van der Waals surface area contributed by atoms with Crippen LogP contribution in [-0.4, -0.2) is 122 Å². The standard InChI is InChI=1S/C101H194N6O4/c1-10-17-22-26-30-34-38-42-46-50-54-58-62-66-70-76-85-102-100(110)98(94(15-6)81-21-14-5)107(97(109)84-73-69-65-61-57-53-49-45-41-37-33-29-25-20-13-4)91-89-105-87-78-80-93(92-105)79-74-75-82-95(16-7)99(101(111)103-86-77-71-67-63-59-55-51-47-43-39-35-31-27-23-18-11-2)106(90-88-104(8)9)96(108)83-72-68-64-60-56-52-48-44-40-36-32-28-24-19-12-3/h33,37,44-45,48-49,93-95,98-99H,10-32,34-36,38-43,46-47,50-92H2,1-9H3,(H,102,110)(H,103,111)/b37-33-,48-44-,49-45-. The third-order valence-corrected chi connectivity index (χ3v) is 24.9. The zero-order valence-electron chi connectivity index (χ0n) is 76.2. The Labute approximate surface area is 693 Å². The minimum Gasteiger partial charge on any atom is -0.354 e. The third kappa shape index (κ3) is 63.8. The normalized spacial score (nSPS) is 14.7. The van der Waals surface area contributed by atoms with Gasteiger partial charge >= 0.3 is 0 Å². The highest BCUT2D eigenvalue weighted by molar-refractivity contribution is 5.88. The summed E-state index contributed by atoms with van der Waals surface area (Å²) >= 11 is 0. The van der Waals surface area contributed by atoms with Gasteiger partial charge in [0.25, 0.3) is 0 Å². The van der Waals surface area contributed by atoms with E-state index in [-0.39, 0.29) is 35.5 Å². The van der Waals surface area contributed by atoms with Crippen molar-refractivity contribution in [2.75, 3.05) is 66.5 Å². The van der Waals surface area contributed by atoms with Crippen LogP contribution < -0.4 is 10.6 Å². The Bertz CT molecular complexity index is 2110. The summed E-state index contributed by atoms with van der Waals surface area (Å²) in [4.78, 5) is 68.4. The molecule has 652 valence electrons. The molecule has 1 aliphatic heterocycles. The van der Waals surface area contributed by atoms with Crippen molar-refractivity contribution in [1.82, 2.24) is 30.2 Å². The van der Waals surface area contributed by atoms with E-state index >= 15 is 0 Å². The maximum Gasteiger partial charge on any atom is 0.243 e. The average Bonchev–Trinajstić information content (AvgIpc) is 0.837. The van der Waals surface area contributed by atoms with Crippen LogP contribution in [0.1, 0.15) is 492 Å². The van der Waals surface area contributed by atoms with Gasteiger partial charge in [-0.2, -0.15) is 0 Å². The summed E-state index contributed by atoms with van der Waals surface area (Å²) in [6, 6.07) is -0.901. The van der Waals surface area contributed by atoms with Gasteiger partial charge in [-0.05, 0) is 154 Å². The van der Waals surface area contributed by atoms with Crippen LogP contribution in [-0.2, 0) is 19.2 Å². The molecule has 0 bridgehead atoms. The molecule has 5 unspecified atom stereocenters. The second-order valence-electron chi connectivity index (χ2n) is 35.4. The van der Waals surface area contributed by atoms with Gasteiger partial charge < -0.3 is 30.2 Å². The number of rotatable bonds is 85. The SMILES string of the molecule is CCCCC/C=C\C/C=C\CCCCCCCC(=O)N(CCN1CCCC(CCCCC(CC)C(C(=O)NCCCCCCCCCCCCCCCCCC)N(CCN(C)C)C(=O)CCCCCCC/C=C\CCCCCCCC)C1)C(C(=O)NCCCCCCCCCCCCCCCCCC)C(CC)CCCC. The number of hydrogen-bond acceptors (Lipinski definition) is 6. The van der Waals surface area contributed by atoms with Crippen molar-refractivity contribution >= 4 is 23.6 Å². The van der Waals surface area contributed by atoms with Crippen molar-refractivity contribution in [1.29, 1.82) is 0 Å². The molecule has 0 aliphatic carbocycles. The zero-order valence-corrected chi connectivity index (χ0v) is 76.2. The number of carbonyl (C=O) groups is 4. The zero-order chi connectivity index (χ0) is 80.6. The molecule has 0 spiro atoms. The van der Waals surface area contributed by atoms with E-state index < -0.39 is 12.1 Å². The summed E-state index contributed by atoms with van der Waals surface area (Å²) in [7, 11) is 4.18. The van der Waals surface area contributed by atoms with Crippen LogP contribution in [0.3, 0.4) is 0 Å². The number of nitrogens with zero attached hydrogens (tertiary/aromatic N) is 4. The first-order valence-corrected chi connectivity index (χ1v) is 50.0. The molecule has 10 nitrogen and oxygen atoms in total. The van der Waals surface area contributed by atoms with Crippen molar-refractivity contribution in [3.63, 3.8) is 0 Å². The molecule has 1 heterocycles. The lowest BCUT2D eigenvalue weighted by molar-refractivity contribution is -0.143. The molecule has 4 amide bonds. The molecule has 5 atom stereocenters. The lowest BCUT2D eigenvalue weighted by atomic mass is 9.86. The summed E-state index contributed by atoms with van der Waals surface area (Å²) < 4.78 is 0.